The molecule has 0 aliphatic rings. The summed E-state index contributed by atoms with van der Waals surface area (Å²) < 4.78 is 0. The first-order chi connectivity index (χ1) is 7.17. The van der Waals surface area contributed by atoms with Crippen LogP contribution in [-0.2, 0) is 6.54 Å². The molecule has 1 rings (SSSR count). The van der Waals surface area contributed by atoms with Crippen LogP contribution in [0.2, 0.25) is 0 Å². The summed E-state index contributed by atoms with van der Waals surface area (Å²) in [6.07, 6.45) is 0. The quantitative estimate of drug-likeness (QED) is 0.771. The fourth-order valence-corrected chi connectivity index (χ4v) is 2.18. The zero-order valence-electron chi connectivity index (χ0n) is 8.64. The topological polar surface area (TPSA) is 60.8 Å². The van der Waals surface area contributed by atoms with Gasteiger partial charge in [-0.15, -0.1) is 11.3 Å². The standard InChI is InChI=1S/C10H15NO3S/c1-2-11(5-6-12)7-8-3-4-9(15-8)10(13)14/h3-4,12H,2,5-7H2,1H3,(H,13,14). The Bertz CT molecular complexity index is 324. The predicted octanol–water partition coefficient (Wildman–Crippen LogP) is 1.26. The first kappa shape index (κ1) is 12.2. The number of aliphatic hydroxyl groups excluding tert-OH is 1. The van der Waals surface area contributed by atoms with E-state index in [0.717, 1.165) is 11.4 Å². The molecular formula is C10H15NO3S. The molecule has 5 heteroatoms. The number of hydrogen-bond donors (Lipinski definition) is 2. The maximum atomic E-state index is 10.7. The molecule has 0 bridgehead atoms. The number of likely N-dealkylation sites (N-methyl/N-ethyl adjacent to an activating group) is 1. The summed E-state index contributed by atoms with van der Waals surface area (Å²) >= 11 is 1.29. The second-order valence-corrected chi connectivity index (χ2v) is 4.33. The van der Waals surface area contributed by atoms with Crippen molar-refractivity contribution >= 4 is 17.3 Å². The lowest BCUT2D eigenvalue weighted by molar-refractivity contribution is 0.0702. The van der Waals surface area contributed by atoms with E-state index in [2.05, 4.69) is 4.90 Å². The second kappa shape index (κ2) is 5.85. The average Bonchev–Trinajstić information content (AvgIpc) is 2.65. The molecular weight excluding hydrogens is 214 g/mol. The van der Waals surface area contributed by atoms with E-state index in [1.807, 2.05) is 13.0 Å². The molecule has 4 nitrogen and oxygen atoms in total. The van der Waals surface area contributed by atoms with Gasteiger partial charge in [0, 0.05) is 18.0 Å². The van der Waals surface area contributed by atoms with Crippen molar-refractivity contribution in [3.8, 4) is 0 Å². The first-order valence-corrected chi connectivity index (χ1v) is 5.64. The molecule has 0 radical (unpaired) electrons. The number of carbonyl (C=O) groups is 1. The van der Waals surface area contributed by atoms with E-state index >= 15 is 0 Å². The lowest BCUT2D eigenvalue weighted by Crippen LogP contribution is -2.25. The van der Waals surface area contributed by atoms with Crippen molar-refractivity contribution < 1.29 is 15.0 Å². The third-order valence-electron chi connectivity index (χ3n) is 2.12. The van der Waals surface area contributed by atoms with E-state index in [4.69, 9.17) is 10.2 Å². The van der Waals surface area contributed by atoms with Crippen molar-refractivity contribution in [2.45, 2.75) is 13.5 Å². The monoisotopic (exact) mass is 229 g/mol. The fraction of sp³-hybridized carbons (Fsp3) is 0.500. The highest BCUT2D eigenvalue weighted by atomic mass is 32.1. The third kappa shape index (κ3) is 3.62. The Kier molecular flexibility index (Phi) is 4.74. The van der Waals surface area contributed by atoms with Crippen molar-refractivity contribution in [1.29, 1.82) is 0 Å². The Morgan fingerprint density at radius 2 is 2.27 bits per heavy atom. The van der Waals surface area contributed by atoms with Gasteiger partial charge in [0.25, 0.3) is 0 Å². The summed E-state index contributed by atoms with van der Waals surface area (Å²) in [6.45, 7) is 4.32. The number of nitrogens with zero attached hydrogens (tertiary/aromatic N) is 1. The van der Waals surface area contributed by atoms with Gasteiger partial charge in [0.15, 0.2) is 0 Å². The highest BCUT2D eigenvalue weighted by Crippen LogP contribution is 2.18. The minimum absolute atomic E-state index is 0.130. The zero-order valence-corrected chi connectivity index (χ0v) is 9.46. The number of carboxylic acid groups (broad SMARTS) is 1. The molecule has 1 aromatic heterocycles. The minimum Gasteiger partial charge on any atom is -0.477 e. The van der Waals surface area contributed by atoms with E-state index in [1.165, 1.54) is 11.3 Å². The largest absolute Gasteiger partial charge is 0.477 e. The van der Waals surface area contributed by atoms with Crippen LogP contribution in [-0.4, -0.2) is 40.8 Å². The van der Waals surface area contributed by atoms with E-state index in [-0.39, 0.29) is 6.61 Å². The van der Waals surface area contributed by atoms with Gasteiger partial charge >= 0.3 is 5.97 Å². The molecule has 0 amide bonds. The molecule has 0 aliphatic heterocycles. The van der Waals surface area contributed by atoms with Crippen LogP contribution in [0.3, 0.4) is 0 Å². The first-order valence-electron chi connectivity index (χ1n) is 4.82. The molecule has 0 saturated carbocycles. The van der Waals surface area contributed by atoms with Crippen molar-refractivity contribution in [2.24, 2.45) is 0 Å². The zero-order chi connectivity index (χ0) is 11.3. The number of rotatable bonds is 6. The summed E-state index contributed by atoms with van der Waals surface area (Å²) in [6, 6.07) is 3.45. The van der Waals surface area contributed by atoms with Gasteiger partial charge in [-0.1, -0.05) is 6.92 Å². The molecule has 0 aromatic carbocycles. The molecule has 2 N–H and O–H groups in total. The molecule has 0 atom stereocenters. The molecule has 0 unspecified atom stereocenters. The average molecular weight is 229 g/mol. The Morgan fingerprint density at radius 3 is 2.73 bits per heavy atom. The molecule has 0 aliphatic carbocycles. The molecule has 84 valence electrons. The lowest BCUT2D eigenvalue weighted by Gasteiger charge is -2.17. The maximum absolute atomic E-state index is 10.7. The van der Waals surface area contributed by atoms with E-state index in [9.17, 15) is 4.79 Å². The Balaban J connectivity index is 2.59. The van der Waals surface area contributed by atoms with Crippen LogP contribution in [0, 0.1) is 0 Å². The predicted molar refractivity (Wildman–Crippen MR) is 59.3 cm³/mol. The molecule has 1 aromatic rings. The van der Waals surface area contributed by atoms with Gasteiger partial charge in [-0.2, -0.15) is 0 Å². The molecule has 15 heavy (non-hydrogen) atoms. The van der Waals surface area contributed by atoms with Crippen LogP contribution in [0.15, 0.2) is 12.1 Å². The van der Waals surface area contributed by atoms with Gasteiger partial charge in [-0.25, -0.2) is 4.79 Å². The molecule has 0 fully saturated rings. The fourth-order valence-electron chi connectivity index (χ4n) is 1.29. The summed E-state index contributed by atoms with van der Waals surface area (Å²) in [5, 5.41) is 17.6. The van der Waals surface area contributed by atoms with Crippen LogP contribution in [0.25, 0.3) is 0 Å². The van der Waals surface area contributed by atoms with Gasteiger partial charge in [0.1, 0.15) is 4.88 Å². The molecule has 1 heterocycles. The van der Waals surface area contributed by atoms with Crippen molar-refractivity contribution in [3.63, 3.8) is 0 Å². The Morgan fingerprint density at radius 1 is 1.53 bits per heavy atom. The van der Waals surface area contributed by atoms with E-state index in [0.29, 0.717) is 18.0 Å². The minimum atomic E-state index is -0.878. The van der Waals surface area contributed by atoms with Gasteiger partial charge in [-0.3, -0.25) is 4.90 Å². The van der Waals surface area contributed by atoms with Crippen molar-refractivity contribution in [2.75, 3.05) is 19.7 Å². The van der Waals surface area contributed by atoms with Crippen LogP contribution >= 0.6 is 11.3 Å². The van der Waals surface area contributed by atoms with Crippen LogP contribution in [0.4, 0.5) is 0 Å². The summed E-state index contributed by atoms with van der Waals surface area (Å²) in [5.41, 5.74) is 0. The van der Waals surface area contributed by atoms with Crippen LogP contribution in [0.1, 0.15) is 21.5 Å². The number of aliphatic hydroxyl groups is 1. The van der Waals surface area contributed by atoms with Gasteiger partial charge in [0.2, 0.25) is 0 Å². The van der Waals surface area contributed by atoms with Crippen molar-refractivity contribution in [1.82, 2.24) is 4.90 Å². The highest BCUT2D eigenvalue weighted by molar-refractivity contribution is 7.13. The third-order valence-corrected chi connectivity index (χ3v) is 3.17. The number of aromatic carboxylic acids is 1. The summed E-state index contributed by atoms with van der Waals surface area (Å²) in [7, 11) is 0. The van der Waals surface area contributed by atoms with Crippen molar-refractivity contribution in [3.05, 3.63) is 21.9 Å². The van der Waals surface area contributed by atoms with E-state index < -0.39 is 5.97 Å². The maximum Gasteiger partial charge on any atom is 0.345 e. The molecule has 0 saturated heterocycles. The Hall–Kier alpha value is -0.910. The lowest BCUT2D eigenvalue weighted by atomic mass is 10.4. The van der Waals surface area contributed by atoms with Gasteiger partial charge in [-0.05, 0) is 18.7 Å². The molecule has 0 spiro atoms. The highest BCUT2D eigenvalue weighted by Gasteiger charge is 2.09. The van der Waals surface area contributed by atoms with Crippen LogP contribution in [0.5, 0.6) is 0 Å². The Labute approximate surface area is 92.8 Å². The SMILES string of the molecule is CCN(CCO)Cc1ccc(C(=O)O)s1. The smallest absolute Gasteiger partial charge is 0.345 e. The summed E-state index contributed by atoms with van der Waals surface area (Å²) in [4.78, 5) is 14.1. The van der Waals surface area contributed by atoms with Crippen LogP contribution < -0.4 is 0 Å². The second-order valence-electron chi connectivity index (χ2n) is 3.16. The number of carboxylic acids is 1. The summed E-state index contributed by atoms with van der Waals surface area (Å²) in [5.74, 6) is -0.878. The van der Waals surface area contributed by atoms with Gasteiger partial charge < -0.3 is 10.2 Å². The van der Waals surface area contributed by atoms with E-state index in [1.54, 1.807) is 6.07 Å². The number of hydrogen-bond acceptors (Lipinski definition) is 4. The number of thiophene rings is 1. The van der Waals surface area contributed by atoms with Gasteiger partial charge in [0.05, 0.1) is 6.61 Å². The normalized spacial score (nSPS) is 10.9.